The Balaban J connectivity index is 0.00000131. The summed E-state index contributed by atoms with van der Waals surface area (Å²) < 4.78 is 4.00. The molecule has 0 atom stereocenters. The van der Waals surface area contributed by atoms with E-state index < -0.39 is 0 Å². The highest BCUT2D eigenvalue weighted by Gasteiger charge is 2.21. The molecule has 1 saturated heterocycles. The lowest BCUT2D eigenvalue weighted by molar-refractivity contribution is -1.00. The second kappa shape index (κ2) is 9.42. The number of nitrogens with one attached hydrogen (secondary N) is 2. The second-order valence-electron chi connectivity index (χ2n) is 7.05. The van der Waals surface area contributed by atoms with Gasteiger partial charge in [-0.05, 0) is 24.3 Å². The molecule has 0 saturated carbocycles. The number of halogens is 2. The van der Waals surface area contributed by atoms with Crippen LogP contribution in [0.1, 0.15) is 0 Å². The Morgan fingerprint density at radius 3 is 2.22 bits per heavy atom. The molecule has 2 N–H and O–H groups in total. The van der Waals surface area contributed by atoms with Crippen LogP contribution in [0.4, 0.5) is 0 Å². The summed E-state index contributed by atoms with van der Waals surface area (Å²) >= 11 is 0. The van der Waals surface area contributed by atoms with Gasteiger partial charge < -0.3 is 34.6 Å². The van der Waals surface area contributed by atoms with Crippen molar-refractivity contribution in [2.75, 3.05) is 39.8 Å². The molecule has 0 radical (unpaired) electrons. The van der Waals surface area contributed by atoms with Gasteiger partial charge in [0.15, 0.2) is 0 Å². The van der Waals surface area contributed by atoms with Crippen molar-refractivity contribution in [1.82, 2.24) is 9.36 Å². The molecule has 146 valence electrons. The molecule has 0 spiro atoms. The lowest BCUT2D eigenvalue weighted by Crippen LogP contribution is -3.27. The summed E-state index contributed by atoms with van der Waals surface area (Å²) in [6.07, 6.45) is 0. The number of para-hydroxylation sites is 2. The smallest absolute Gasteiger partial charge is 0.275 e. The number of benzene rings is 2. The van der Waals surface area contributed by atoms with Crippen molar-refractivity contribution in [2.45, 2.75) is 6.54 Å². The predicted molar refractivity (Wildman–Crippen MR) is 99.7 cm³/mol. The molecule has 3 aromatic rings. The summed E-state index contributed by atoms with van der Waals surface area (Å²) in [7, 11) is 2.26. The Morgan fingerprint density at radius 1 is 0.889 bits per heavy atom. The number of aromatic nitrogens is 2. The number of piperazine rings is 1. The standard InChI is InChI=1S/C20H24N4O.2ClH/c1-21-11-13-22(14-12-21)15-16-23-20(25)18-9-5-6-10-19(18)24(23)17-7-3-2-4-8-17;;/h2-10H,11-16H2,1H3;2*1H. The molecule has 1 aliphatic rings. The van der Waals surface area contributed by atoms with Crippen molar-refractivity contribution in [3.63, 3.8) is 0 Å². The van der Waals surface area contributed by atoms with E-state index in [1.54, 1.807) is 9.80 Å². The van der Waals surface area contributed by atoms with Gasteiger partial charge in [0.05, 0.1) is 36.7 Å². The van der Waals surface area contributed by atoms with Crippen molar-refractivity contribution in [3.8, 4) is 5.69 Å². The second-order valence-corrected chi connectivity index (χ2v) is 7.05. The van der Waals surface area contributed by atoms with E-state index in [9.17, 15) is 4.79 Å². The topological polar surface area (TPSA) is 35.8 Å². The number of hydrogen-bond donors (Lipinski definition) is 2. The molecule has 0 bridgehead atoms. The third kappa shape index (κ3) is 4.38. The van der Waals surface area contributed by atoms with E-state index >= 15 is 0 Å². The minimum atomic E-state index is 0. The molecule has 1 fully saturated rings. The average Bonchev–Trinajstić information content (AvgIpc) is 2.94. The Bertz CT molecular complexity index is 915. The van der Waals surface area contributed by atoms with Gasteiger partial charge in [-0.3, -0.25) is 4.79 Å². The molecular formula is C20H26Cl2N4O. The summed E-state index contributed by atoms with van der Waals surface area (Å²) in [5, 5.41) is 0.796. The van der Waals surface area contributed by atoms with Crippen LogP contribution in [-0.4, -0.2) is 49.1 Å². The lowest BCUT2D eigenvalue weighted by Gasteiger charge is -2.27. The third-order valence-electron chi connectivity index (χ3n) is 5.33. The zero-order chi connectivity index (χ0) is 17.2. The van der Waals surface area contributed by atoms with E-state index in [1.165, 1.54) is 26.2 Å². The van der Waals surface area contributed by atoms with Crippen LogP contribution in [0.25, 0.3) is 16.6 Å². The van der Waals surface area contributed by atoms with Gasteiger partial charge in [-0.25, -0.2) is 9.36 Å². The minimum Gasteiger partial charge on any atom is -1.00 e. The monoisotopic (exact) mass is 408 g/mol. The summed E-state index contributed by atoms with van der Waals surface area (Å²) in [5.74, 6) is 0. The van der Waals surface area contributed by atoms with Crippen LogP contribution in [0.15, 0.2) is 59.4 Å². The summed E-state index contributed by atoms with van der Waals surface area (Å²) in [6.45, 7) is 6.54. The van der Waals surface area contributed by atoms with Crippen molar-refractivity contribution in [1.29, 1.82) is 0 Å². The van der Waals surface area contributed by atoms with Crippen LogP contribution in [0.3, 0.4) is 0 Å². The maximum Gasteiger partial charge on any atom is 0.275 e. The normalized spacial score (nSPS) is 19.3. The Labute approximate surface area is 172 Å². The fourth-order valence-electron chi connectivity index (χ4n) is 3.79. The van der Waals surface area contributed by atoms with Crippen LogP contribution < -0.4 is 40.2 Å². The summed E-state index contributed by atoms with van der Waals surface area (Å²) in [6, 6.07) is 18.1. The molecule has 1 aromatic heterocycles. The van der Waals surface area contributed by atoms with Gasteiger partial charge in [-0.2, -0.15) is 0 Å². The van der Waals surface area contributed by atoms with Crippen LogP contribution in [-0.2, 0) is 6.54 Å². The number of hydrogen-bond acceptors (Lipinski definition) is 1. The first-order valence-electron chi connectivity index (χ1n) is 9.15. The van der Waals surface area contributed by atoms with E-state index in [0.717, 1.165) is 29.7 Å². The van der Waals surface area contributed by atoms with Gasteiger partial charge >= 0.3 is 0 Å². The zero-order valence-corrected chi connectivity index (χ0v) is 17.0. The number of nitrogens with zero attached hydrogens (tertiary/aromatic N) is 2. The van der Waals surface area contributed by atoms with Crippen LogP contribution >= 0.6 is 0 Å². The van der Waals surface area contributed by atoms with E-state index in [2.05, 4.69) is 23.9 Å². The quantitative estimate of drug-likeness (QED) is 0.442. The molecule has 2 aromatic carbocycles. The molecule has 5 nitrogen and oxygen atoms in total. The molecule has 0 aliphatic carbocycles. The van der Waals surface area contributed by atoms with Crippen molar-refractivity contribution >= 4 is 10.9 Å². The fraction of sp³-hybridized carbons (Fsp3) is 0.350. The third-order valence-corrected chi connectivity index (χ3v) is 5.33. The van der Waals surface area contributed by atoms with Gasteiger partial charge in [0.2, 0.25) is 0 Å². The maximum absolute atomic E-state index is 13.0. The zero-order valence-electron chi connectivity index (χ0n) is 15.5. The number of likely N-dealkylation sites (N-methyl/N-ethyl adjacent to an activating group) is 1. The minimum absolute atomic E-state index is 0. The number of rotatable bonds is 4. The van der Waals surface area contributed by atoms with Gasteiger partial charge in [-0.1, -0.05) is 30.3 Å². The SMILES string of the molecule is C[NH+]1CC[NH+](CCn2c(=O)c3ccccc3n2-c2ccccc2)CC1.[Cl-].[Cl-]. The van der Waals surface area contributed by atoms with Crippen LogP contribution in [0, 0.1) is 0 Å². The molecule has 4 rings (SSSR count). The van der Waals surface area contributed by atoms with Crippen LogP contribution in [0.5, 0.6) is 0 Å². The van der Waals surface area contributed by atoms with E-state index in [4.69, 9.17) is 0 Å². The maximum atomic E-state index is 13.0. The highest BCUT2D eigenvalue weighted by molar-refractivity contribution is 5.80. The Morgan fingerprint density at radius 2 is 1.52 bits per heavy atom. The van der Waals surface area contributed by atoms with Crippen LogP contribution in [0.2, 0.25) is 0 Å². The molecular weight excluding hydrogens is 383 g/mol. The number of quaternary nitrogens is 2. The van der Waals surface area contributed by atoms with Gasteiger partial charge in [-0.15, -0.1) is 0 Å². The first kappa shape index (κ1) is 21.5. The van der Waals surface area contributed by atoms with Crippen molar-refractivity contribution in [3.05, 3.63) is 65.0 Å². The van der Waals surface area contributed by atoms with Gasteiger partial charge in [0.1, 0.15) is 26.2 Å². The summed E-state index contributed by atoms with van der Waals surface area (Å²) in [5.41, 5.74) is 2.13. The highest BCUT2D eigenvalue weighted by Crippen LogP contribution is 2.16. The van der Waals surface area contributed by atoms with Crippen molar-refractivity contribution < 1.29 is 34.6 Å². The Hall–Kier alpha value is -1.79. The van der Waals surface area contributed by atoms with Crippen molar-refractivity contribution in [2.24, 2.45) is 0 Å². The lowest BCUT2D eigenvalue weighted by atomic mass is 10.2. The first-order valence-corrected chi connectivity index (χ1v) is 9.15. The molecule has 0 amide bonds. The fourth-order valence-corrected chi connectivity index (χ4v) is 3.79. The molecule has 27 heavy (non-hydrogen) atoms. The first-order chi connectivity index (χ1) is 12.2. The Kier molecular flexibility index (Phi) is 7.50. The van der Waals surface area contributed by atoms with E-state index in [1.807, 2.05) is 47.1 Å². The van der Waals surface area contributed by atoms with E-state index in [-0.39, 0.29) is 30.4 Å². The molecule has 0 unspecified atom stereocenters. The van der Waals surface area contributed by atoms with E-state index in [0.29, 0.717) is 0 Å². The molecule has 1 aliphatic heterocycles. The highest BCUT2D eigenvalue weighted by atomic mass is 35.5. The number of fused-ring (bicyclic) bond motifs is 1. The average molecular weight is 409 g/mol. The summed E-state index contributed by atoms with van der Waals surface area (Å²) in [4.78, 5) is 16.2. The predicted octanol–water partition coefficient (Wildman–Crippen LogP) is -6.79. The molecule has 2 heterocycles. The van der Waals surface area contributed by atoms with Gasteiger partial charge in [0.25, 0.3) is 5.56 Å². The van der Waals surface area contributed by atoms with Gasteiger partial charge in [0, 0.05) is 0 Å². The largest absolute Gasteiger partial charge is 1.00 e. The molecule has 7 heteroatoms.